The lowest BCUT2D eigenvalue weighted by atomic mass is 10.2. The van der Waals surface area contributed by atoms with Crippen molar-refractivity contribution in [1.82, 2.24) is 14.9 Å². The van der Waals surface area contributed by atoms with E-state index in [1.807, 2.05) is 17.9 Å². The van der Waals surface area contributed by atoms with Crippen LogP contribution in [-0.4, -0.2) is 60.0 Å². The van der Waals surface area contributed by atoms with E-state index in [9.17, 15) is 4.79 Å². The fourth-order valence-corrected chi connectivity index (χ4v) is 3.81. The Bertz CT molecular complexity index is 824. The van der Waals surface area contributed by atoms with Crippen LogP contribution in [0.15, 0.2) is 30.3 Å². The number of benzene rings is 1. The van der Waals surface area contributed by atoms with E-state index in [0.29, 0.717) is 11.6 Å². The molecule has 0 radical (unpaired) electrons. The monoisotopic (exact) mass is 395 g/mol. The molecule has 2 heterocycles. The second-order valence-corrected chi connectivity index (χ2v) is 7.80. The molecule has 2 aromatic rings. The summed E-state index contributed by atoms with van der Waals surface area (Å²) in [5.74, 6) is 0.684. The van der Waals surface area contributed by atoms with E-state index in [1.165, 1.54) is 11.3 Å². The van der Waals surface area contributed by atoms with Crippen molar-refractivity contribution in [2.24, 2.45) is 0 Å². The van der Waals surface area contributed by atoms with Crippen LogP contribution in [0.2, 0.25) is 0 Å². The van der Waals surface area contributed by atoms with Gasteiger partial charge in [-0.2, -0.15) is 0 Å². The van der Waals surface area contributed by atoms with Gasteiger partial charge in [0.2, 0.25) is 5.95 Å². The molecule has 1 aromatic carbocycles. The van der Waals surface area contributed by atoms with Crippen molar-refractivity contribution in [3.63, 3.8) is 0 Å². The third kappa shape index (κ3) is 5.25. The summed E-state index contributed by atoms with van der Waals surface area (Å²) < 4.78 is 0. The minimum atomic E-state index is 0.0128. The quantitative estimate of drug-likeness (QED) is 0.716. The van der Waals surface area contributed by atoms with Crippen molar-refractivity contribution in [2.75, 3.05) is 49.1 Å². The molecule has 3 rings (SSSR count). The van der Waals surface area contributed by atoms with Gasteiger partial charge in [-0.25, -0.2) is 9.97 Å². The largest absolute Gasteiger partial charge is 0.368 e. The SMILES string of the molecule is CCCN(CCC)C(=O)c1cc(C)nc(N2CCN(c3cccc(C)c3)CC2)n1. The van der Waals surface area contributed by atoms with Crippen LogP contribution >= 0.6 is 0 Å². The fourth-order valence-electron chi connectivity index (χ4n) is 3.81. The van der Waals surface area contributed by atoms with E-state index < -0.39 is 0 Å². The van der Waals surface area contributed by atoms with Crippen LogP contribution in [0, 0.1) is 13.8 Å². The van der Waals surface area contributed by atoms with Crippen molar-refractivity contribution in [3.8, 4) is 0 Å². The first kappa shape index (κ1) is 21.1. The minimum absolute atomic E-state index is 0.0128. The standard InChI is InChI=1S/C23H33N5O/c1-5-10-27(11-6-2)22(29)21-17-19(4)24-23(25-21)28-14-12-26(13-15-28)20-9-7-8-18(3)16-20/h7-9,16-17H,5-6,10-15H2,1-4H3. The van der Waals surface area contributed by atoms with E-state index >= 15 is 0 Å². The predicted octanol–water partition coefficient (Wildman–Crippen LogP) is 3.68. The summed E-state index contributed by atoms with van der Waals surface area (Å²) in [5.41, 5.74) is 3.89. The van der Waals surface area contributed by atoms with Crippen LogP contribution < -0.4 is 9.80 Å². The highest BCUT2D eigenvalue weighted by atomic mass is 16.2. The average Bonchev–Trinajstić information content (AvgIpc) is 2.73. The Balaban J connectivity index is 1.72. The van der Waals surface area contributed by atoms with Gasteiger partial charge in [-0.3, -0.25) is 4.79 Å². The number of carbonyl (C=O) groups is 1. The molecule has 1 fully saturated rings. The number of anilines is 2. The molecule has 1 saturated heterocycles. The average molecular weight is 396 g/mol. The third-order valence-electron chi connectivity index (χ3n) is 5.27. The summed E-state index contributed by atoms with van der Waals surface area (Å²) in [7, 11) is 0. The highest BCUT2D eigenvalue weighted by Gasteiger charge is 2.22. The van der Waals surface area contributed by atoms with Crippen LogP contribution in [0.1, 0.15) is 48.4 Å². The van der Waals surface area contributed by atoms with Gasteiger partial charge in [0.25, 0.3) is 5.91 Å². The molecule has 0 unspecified atom stereocenters. The molecular weight excluding hydrogens is 362 g/mol. The summed E-state index contributed by atoms with van der Waals surface area (Å²) in [4.78, 5) is 28.8. The zero-order valence-corrected chi connectivity index (χ0v) is 18.2. The summed E-state index contributed by atoms with van der Waals surface area (Å²) in [6, 6.07) is 10.4. The molecule has 1 aliphatic rings. The van der Waals surface area contributed by atoms with Crippen molar-refractivity contribution in [3.05, 3.63) is 47.3 Å². The zero-order valence-electron chi connectivity index (χ0n) is 18.2. The van der Waals surface area contributed by atoms with Gasteiger partial charge in [0.05, 0.1) is 0 Å². The maximum atomic E-state index is 13.0. The number of amides is 1. The first-order valence-electron chi connectivity index (χ1n) is 10.7. The number of aromatic nitrogens is 2. The van der Waals surface area contributed by atoms with E-state index in [0.717, 1.165) is 57.8 Å². The fraction of sp³-hybridized carbons (Fsp3) is 0.522. The second kappa shape index (κ2) is 9.72. The lowest BCUT2D eigenvalue weighted by Gasteiger charge is -2.36. The summed E-state index contributed by atoms with van der Waals surface area (Å²) in [5, 5.41) is 0. The Hall–Kier alpha value is -2.63. The van der Waals surface area contributed by atoms with Gasteiger partial charge in [-0.1, -0.05) is 26.0 Å². The molecule has 0 N–H and O–H groups in total. The van der Waals surface area contributed by atoms with Crippen molar-refractivity contribution < 1.29 is 4.79 Å². The van der Waals surface area contributed by atoms with Crippen LogP contribution in [0.3, 0.4) is 0 Å². The van der Waals surface area contributed by atoms with Crippen molar-refractivity contribution in [2.45, 2.75) is 40.5 Å². The molecule has 29 heavy (non-hydrogen) atoms. The number of carbonyl (C=O) groups excluding carboxylic acids is 1. The minimum Gasteiger partial charge on any atom is -0.368 e. The smallest absolute Gasteiger partial charge is 0.272 e. The van der Waals surface area contributed by atoms with E-state index in [-0.39, 0.29) is 5.91 Å². The lowest BCUT2D eigenvalue weighted by Crippen LogP contribution is -2.47. The van der Waals surface area contributed by atoms with Crippen LogP contribution in [0.4, 0.5) is 11.6 Å². The van der Waals surface area contributed by atoms with Gasteiger partial charge in [-0.15, -0.1) is 0 Å². The summed E-state index contributed by atoms with van der Waals surface area (Å²) >= 11 is 0. The van der Waals surface area contributed by atoms with Crippen LogP contribution in [-0.2, 0) is 0 Å². The molecule has 0 atom stereocenters. The van der Waals surface area contributed by atoms with Gasteiger partial charge in [0.15, 0.2) is 0 Å². The number of piperazine rings is 1. The highest BCUT2D eigenvalue weighted by molar-refractivity contribution is 5.92. The van der Waals surface area contributed by atoms with Crippen LogP contribution in [0.5, 0.6) is 0 Å². The van der Waals surface area contributed by atoms with E-state index in [1.54, 1.807) is 0 Å². The van der Waals surface area contributed by atoms with Gasteiger partial charge >= 0.3 is 0 Å². The highest BCUT2D eigenvalue weighted by Crippen LogP contribution is 2.20. The molecule has 1 amide bonds. The van der Waals surface area contributed by atoms with Gasteiger partial charge in [-0.05, 0) is 50.5 Å². The lowest BCUT2D eigenvalue weighted by molar-refractivity contribution is 0.0749. The number of aryl methyl sites for hydroxylation is 2. The first-order valence-corrected chi connectivity index (χ1v) is 10.7. The Morgan fingerprint density at radius 1 is 0.966 bits per heavy atom. The second-order valence-electron chi connectivity index (χ2n) is 7.80. The molecule has 0 bridgehead atoms. The molecule has 6 heteroatoms. The Morgan fingerprint density at radius 3 is 2.24 bits per heavy atom. The molecule has 0 saturated carbocycles. The predicted molar refractivity (Wildman–Crippen MR) is 119 cm³/mol. The Labute approximate surface area is 174 Å². The van der Waals surface area contributed by atoms with Gasteiger partial charge in [0, 0.05) is 50.6 Å². The van der Waals surface area contributed by atoms with E-state index in [2.05, 4.69) is 64.8 Å². The zero-order chi connectivity index (χ0) is 20.8. The van der Waals surface area contributed by atoms with Gasteiger partial charge in [0.1, 0.15) is 5.69 Å². The number of rotatable bonds is 7. The number of nitrogens with zero attached hydrogens (tertiary/aromatic N) is 5. The van der Waals surface area contributed by atoms with Gasteiger partial charge < -0.3 is 14.7 Å². The molecular formula is C23H33N5O. The Kier molecular flexibility index (Phi) is 7.07. The first-order chi connectivity index (χ1) is 14.0. The molecule has 1 aliphatic heterocycles. The normalized spacial score (nSPS) is 14.2. The van der Waals surface area contributed by atoms with E-state index in [4.69, 9.17) is 0 Å². The number of hydrogen-bond acceptors (Lipinski definition) is 5. The Morgan fingerprint density at radius 2 is 1.62 bits per heavy atom. The number of hydrogen-bond donors (Lipinski definition) is 0. The molecule has 6 nitrogen and oxygen atoms in total. The molecule has 156 valence electrons. The molecule has 1 aromatic heterocycles. The molecule has 0 aliphatic carbocycles. The summed E-state index contributed by atoms with van der Waals surface area (Å²) in [6.07, 6.45) is 1.90. The summed E-state index contributed by atoms with van der Waals surface area (Å²) in [6.45, 7) is 13.3. The topological polar surface area (TPSA) is 52.6 Å². The van der Waals surface area contributed by atoms with Crippen molar-refractivity contribution in [1.29, 1.82) is 0 Å². The maximum absolute atomic E-state index is 13.0. The molecule has 0 spiro atoms. The maximum Gasteiger partial charge on any atom is 0.272 e. The van der Waals surface area contributed by atoms with Crippen LogP contribution in [0.25, 0.3) is 0 Å². The van der Waals surface area contributed by atoms with Crippen molar-refractivity contribution >= 4 is 17.5 Å². The third-order valence-corrected chi connectivity index (χ3v) is 5.27.